The van der Waals surface area contributed by atoms with Gasteiger partial charge in [0.2, 0.25) is 27.2 Å². The van der Waals surface area contributed by atoms with E-state index >= 15 is 0 Å². The fourth-order valence-electron chi connectivity index (χ4n) is 12.8. The molecule has 4 saturated heterocycles. The van der Waals surface area contributed by atoms with Crippen molar-refractivity contribution in [1.29, 1.82) is 0 Å². The Morgan fingerprint density at radius 3 is 1.13 bits per heavy atom. The summed E-state index contributed by atoms with van der Waals surface area (Å²) in [6.07, 6.45) is 8.98. The molecule has 0 spiro atoms. The van der Waals surface area contributed by atoms with Crippen molar-refractivity contribution in [2.45, 2.75) is 168 Å². The van der Waals surface area contributed by atoms with Crippen LogP contribution in [0.25, 0.3) is 0 Å². The predicted octanol–water partition coefficient (Wildman–Crippen LogP) is 9.87. The Morgan fingerprint density at radius 2 is 0.805 bits per heavy atom. The Morgan fingerprint density at radius 1 is 0.468 bits per heavy atom. The number of carbonyl (C=O) groups excluding carboxylic acids is 1. The van der Waals surface area contributed by atoms with Gasteiger partial charge in [-0.05, 0) is 138 Å². The second-order valence-electron chi connectivity index (χ2n) is 21.9. The molecule has 0 saturated carbocycles. The number of fused-ring (bicyclic) bond motifs is 12. The van der Waals surface area contributed by atoms with Gasteiger partial charge < -0.3 is 82.4 Å². The maximum atomic E-state index is 12.6. The van der Waals surface area contributed by atoms with E-state index in [0.29, 0.717) is 71.5 Å². The van der Waals surface area contributed by atoms with Gasteiger partial charge in [0.05, 0.1) is 32.5 Å². The molecule has 77 heavy (non-hydrogen) atoms. The fraction of sp³-hybridized carbons (Fsp3) is 0.576. The Kier molecular flexibility index (Phi) is 15.6. The molecule has 1 amide bonds. The first kappa shape index (κ1) is 53.3. The summed E-state index contributed by atoms with van der Waals surface area (Å²) in [5, 5.41) is 10.5. The van der Waals surface area contributed by atoms with Crippen molar-refractivity contribution in [3.8, 4) is 46.0 Å². The largest absolute Gasteiger partial charge is 0.454 e. The van der Waals surface area contributed by atoms with E-state index in [2.05, 4.69) is 34.1 Å². The number of nitrogens with zero attached hydrogens (tertiary/aromatic N) is 1. The van der Waals surface area contributed by atoms with Gasteiger partial charge in [-0.25, -0.2) is 4.79 Å². The summed E-state index contributed by atoms with van der Waals surface area (Å²) in [6, 6.07) is 17.4. The van der Waals surface area contributed by atoms with Gasteiger partial charge in [-0.1, -0.05) is 39.1 Å². The Hall–Kier alpha value is -5.73. The lowest BCUT2D eigenvalue weighted by atomic mass is 9.97. The molecule has 0 aromatic heterocycles. The minimum Gasteiger partial charge on any atom is -0.454 e. The predicted molar refractivity (Wildman–Crippen MR) is 283 cm³/mol. The summed E-state index contributed by atoms with van der Waals surface area (Å²) in [5.74, 6) is 6.81. The first-order valence-electron chi connectivity index (χ1n) is 27.1. The van der Waals surface area contributed by atoms with Gasteiger partial charge >= 0.3 is 6.09 Å². The van der Waals surface area contributed by atoms with Crippen LogP contribution in [0.15, 0.2) is 48.5 Å². The summed E-state index contributed by atoms with van der Waals surface area (Å²) >= 11 is 0. The summed E-state index contributed by atoms with van der Waals surface area (Å²) in [5.41, 5.74) is 8.99. The highest BCUT2D eigenvalue weighted by Gasteiger charge is 2.45. The van der Waals surface area contributed by atoms with Crippen molar-refractivity contribution < 1.29 is 66.4 Å². The van der Waals surface area contributed by atoms with Gasteiger partial charge in [-0.2, -0.15) is 0 Å². The lowest BCUT2D eigenvalue weighted by Gasteiger charge is -2.31. The normalized spacial score (nSPS) is 27.4. The van der Waals surface area contributed by atoms with Crippen molar-refractivity contribution in [3.63, 3.8) is 0 Å². The molecule has 2 unspecified atom stereocenters. The highest BCUT2D eigenvalue weighted by atomic mass is 16.7. The number of carbonyl (C=O) groups is 1. The average Bonchev–Trinajstić information content (AvgIpc) is 4.37. The van der Waals surface area contributed by atoms with Crippen LogP contribution in [-0.2, 0) is 50.1 Å². The van der Waals surface area contributed by atoms with Crippen molar-refractivity contribution >= 4 is 6.09 Å². The number of hydrogen-bond donors (Lipinski definition) is 3. The summed E-state index contributed by atoms with van der Waals surface area (Å²) in [4.78, 5) is 14.4. The van der Waals surface area contributed by atoms with E-state index in [9.17, 15) is 4.79 Å². The quantitative estimate of drug-likeness (QED) is 0.176. The molecule has 4 fully saturated rings. The number of benzene rings is 4. The molecule has 8 atom stereocenters. The van der Waals surface area contributed by atoms with Crippen LogP contribution in [0.5, 0.6) is 46.0 Å². The number of hydrogen-bond acceptors (Lipinski definition) is 17. The summed E-state index contributed by atoms with van der Waals surface area (Å²) in [7, 11) is 0. The fourth-order valence-corrected chi connectivity index (χ4v) is 12.8. The molecule has 18 heteroatoms. The molecular weight excluding hydrogens is 989 g/mol. The molecular formula is C59H76N4O14. The van der Waals surface area contributed by atoms with Crippen LogP contribution in [0.1, 0.15) is 156 Å². The number of likely N-dealkylation sites (tertiary alicyclic amines) is 1. The molecule has 0 aliphatic carbocycles. The average molecular weight is 1070 g/mol. The van der Waals surface area contributed by atoms with Crippen LogP contribution in [0.3, 0.4) is 0 Å². The molecule has 3 N–H and O–H groups in total. The van der Waals surface area contributed by atoms with E-state index in [1.807, 2.05) is 51.1 Å². The van der Waals surface area contributed by atoms with Gasteiger partial charge in [-0.15, -0.1) is 0 Å². The molecule has 16 rings (SSSR count). The third-order valence-electron chi connectivity index (χ3n) is 16.2. The van der Waals surface area contributed by atoms with Crippen LogP contribution in [0, 0.1) is 0 Å². The molecule has 12 aliphatic heterocycles. The number of ether oxygens (including phenoxy) is 13. The standard InChI is InChI=1S/C18H23NO5.3C13H15NO3.2CH4/c1-18(2,3)24-17(20)19-8-4-5-12(19)15-14-11(9-21-15)6-7-13-16(14)23-10-22-13;3*1-2-9(14-5-1)12-11-8(6-15-12)3-4-10-13(11)17-7-16-10;;/h6-7,12,15H,4-5,8-10H2,1-3H3;3*3-4,9,12,14H,1-2,5-7H2;2*1H4/t12-,15?;9-,12?;9-,12+;9-,12-;;/m0000../s1. The third-order valence-corrected chi connectivity index (χ3v) is 16.2. The topological polar surface area (TPSA) is 176 Å². The number of amides is 1. The Balaban J connectivity index is 0.000000109. The lowest BCUT2D eigenvalue weighted by Crippen LogP contribution is -2.42. The van der Waals surface area contributed by atoms with Crippen LogP contribution in [0.4, 0.5) is 4.79 Å². The number of nitrogens with one attached hydrogen (secondary N) is 3. The molecule has 18 nitrogen and oxygen atoms in total. The molecule has 0 radical (unpaired) electrons. The van der Waals surface area contributed by atoms with Gasteiger partial charge in [0.25, 0.3) is 0 Å². The lowest BCUT2D eigenvalue weighted by molar-refractivity contribution is -0.0157. The van der Waals surface area contributed by atoms with Gasteiger partial charge in [0.1, 0.15) is 30.0 Å². The monoisotopic (exact) mass is 1060 g/mol. The maximum Gasteiger partial charge on any atom is 0.410 e. The van der Waals surface area contributed by atoms with E-state index in [-0.39, 0.29) is 58.2 Å². The smallest absolute Gasteiger partial charge is 0.410 e. The minimum atomic E-state index is -0.503. The number of rotatable bonds is 4. The van der Waals surface area contributed by atoms with Crippen molar-refractivity contribution in [1.82, 2.24) is 20.9 Å². The second kappa shape index (κ2) is 22.6. The maximum absolute atomic E-state index is 12.6. The van der Waals surface area contributed by atoms with Crippen LogP contribution in [-0.4, -0.2) is 94.1 Å². The highest BCUT2D eigenvalue weighted by Crippen LogP contribution is 2.52. The first-order chi connectivity index (χ1) is 36.7. The van der Waals surface area contributed by atoms with Crippen LogP contribution < -0.4 is 53.8 Å². The first-order valence-corrected chi connectivity index (χ1v) is 27.1. The molecule has 4 aromatic rings. The molecule has 4 aromatic carbocycles. The highest BCUT2D eigenvalue weighted by molar-refractivity contribution is 5.69. The van der Waals surface area contributed by atoms with Crippen LogP contribution >= 0.6 is 0 Å². The zero-order valence-electron chi connectivity index (χ0n) is 43.0. The van der Waals surface area contributed by atoms with Crippen molar-refractivity contribution in [2.24, 2.45) is 0 Å². The molecule has 12 heterocycles. The van der Waals surface area contributed by atoms with Gasteiger partial charge in [0, 0.05) is 46.9 Å². The third kappa shape index (κ3) is 10.3. The minimum absolute atomic E-state index is 0. The molecule has 12 aliphatic rings. The van der Waals surface area contributed by atoms with Gasteiger partial charge in [0.15, 0.2) is 46.0 Å². The van der Waals surface area contributed by atoms with Crippen molar-refractivity contribution in [3.05, 3.63) is 93.0 Å². The van der Waals surface area contributed by atoms with Crippen LogP contribution in [0.2, 0.25) is 0 Å². The van der Waals surface area contributed by atoms with Gasteiger partial charge in [-0.3, -0.25) is 0 Å². The van der Waals surface area contributed by atoms with Crippen molar-refractivity contribution in [2.75, 3.05) is 53.4 Å². The summed E-state index contributed by atoms with van der Waals surface area (Å²) in [6.45, 7) is 13.4. The zero-order valence-corrected chi connectivity index (χ0v) is 43.0. The molecule has 416 valence electrons. The van der Waals surface area contributed by atoms with E-state index in [4.69, 9.17) is 61.6 Å². The zero-order chi connectivity index (χ0) is 50.6. The summed E-state index contributed by atoms with van der Waals surface area (Å²) < 4.78 is 73.7. The molecule has 0 bridgehead atoms. The van der Waals surface area contributed by atoms with E-state index in [1.54, 1.807) is 4.90 Å². The van der Waals surface area contributed by atoms with E-state index in [0.717, 1.165) is 89.6 Å². The Labute approximate surface area is 451 Å². The Bertz CT molecular complexity index is 2570. The van der Waals surface area contributed by atoms with E-state index in [1.165, 1.54) is 71.9 Å². The van der Waals surface area contributed by atoms with E-state index < -0.39 is 5.60 Å². The SMILES string of the molecule is C.C.CC(C)(C)OC(=O)N1CCC[C@H]1C1OCc2ccc3c(c21)OCO3.c1cc2c(c3c1COC3[C@@H]1CCCN1)OCO2.c1cc2c(c3c1CO[C@@H]3[C@@H]1CCCN1)OCO2.c1cc2c(c3c1CO[C@H]3[C@@H]1CCCN1)OCO2. The second-order valence-corrected chi connectivity index (χ2v) is 21.9.